The van der Waals surface area contributed by atoms with E-state index in [9.17, 15) is 0 Å². The van der Waals surface area contributed by atoms with Crippen molar-refractivity contribution in [3.05, 3.63) is 35.4 Å². The highest BCUT2D eigenvalue weighted by atomic mass is 35.5. The van der Waals surface area contributed by atoms with Gasteiger partial charge in [0.15, 0.2) is 0 Å². The first-order valence-electron chi connectivity index (χ1n) is 6.94. The van der Waals surface area contributed by atoms with Gasteiger partial charge in [0.25, 0.3) is 0 Å². The van der Waals surface area contributed by atoms with Crippen LogP contribution in [0.5, 0.6) is 0 Å². The average molecular weight is 251 g/mol. The number of hydrogen-bond donors (Lipinski definition) is 0. The van der Waals surface area contributed by atoms with E-state index in [0.29, 0.717) is 5.38 Å². The van der Waals surface area contributed by atoms with Gasteiger partial charge >= 0.3 is 0 Å². The monoisotopic (exact) mass is 250 g/mol. The van der Waals surface area contributed by atoms with E-state index in [0.717, 1.165) is 12.3 Å². The maximum atomic E-state index is 6.47. The molecule has 1 unspecified atom stereocenters. The largest absolute Gasteiger partial charge is 0.123 e. The Bertz CT molecular complexity index is 339. The summed E-state index contributed by atoms with van der Waals surface area (Å²) in [6, 6.07) is 8.60. The van der Waals surface area contributed by atoms with E-state index in [4.69, 9.17) is 11.6 Å². The Labute approximate surface area is 110 Å². The SMILES string of the molecule is Cc1ccccc1CC(Cl)CCC1CCCC1. The van der Waals surface area contributed by atoms with Gasteiger partial charge in [-0.1, -0.05) is 49.9 Å². The first-order valence-corrected chi connectivity index (χ1v) is 7.38. The van der Waals surface area contributed by atoms with Crippen LogP contribution in [0.4, 0.5) is 0 Å². The Morgan fingerprint density at radius 1 is 1.24 bits per heavy atom. The zero-order valence-corrected chi connectivity index (χ0v) is 11.5. The molecule has 1 fully saturated rings. The maximum absolute atomic E-state index is 6.47. The molecule has 1 atom stereocenters. The molecule has 1 heteroatoms. The smallest absolute Gasteiger partial charge is 0.0376 e. The second-order valence-electron chi connectivity index (χ2n) is 5.46. The average Bonchev–Trinajstić information content (AvgIpc) is 2.82. The normalized spacial score (nSPS) is 18.5. The zero-order valence-electron chi connectivity index (χ0n) is 10.8. The molecule has 94 valence electrons. The van der Waals surface area contributed by atoms with Crippen LogP contribution in [-0.2, 0) is 6.42 Å². The topological polar surface area (TPSA) is 0 Å². The van der Waals surface area contributed by atoms with Gasteiger partial charge in [0, 0.05) is 5.38 Å². The van der Waals surface area contributed by atoms with Gasteiger partial charge < -0.3 is 0 Å². The molecular weight excluding hydrogens is 228 g/mol. The van der Waals surface area contributed by atoms with E-state index in [1.807, 2.05) is 0 Å². The maximum Gasteiger partial charge on any atom is 0.0376 e. The molecular formula is C16H23Cl. The van der Waals surface area contributed by atoms with Crippen molar-refractivity contribution in [1.29, 1.82) is 0 Å². The number of alkyl halides is 1. The summed E-state index contributed by atoms with van der Waals surface area (Å²) in [6.07, 6.45) is 9.30. The first kappa shape index (κ1) is 13.0. The Balaban J connectivity index is 1.76. The van der Waals surface area contributed by atoms with E-state index in [1.54, 1.807) is 0 Å². The van der Waals surface area contributed by atoms with Crippen LogP contribution in [0.15, 0.2) is 24.3 Å². The minimum atomic E-state index is 0.316. The summed E-state index contributed by atoms with van der Waals surface area (Å²) in [5, 5.41) is 0.316. The summed E-state index contributed by atoms with van der Waals surface area (Å²) in [7, 11) is 0. The lowest BCUT2D eigenvalue weighted by atomic mass is 9.97. The van der Waals surface area contributed by atoms with Crippen molar-refractivity contribution in [2.24, 2.45) is 5.92 Å². The molecule has 1 aliphatic carbocycles. The molecule has 0 nitrogen and oxygen atoms in total. The van der Waals surface area contributed by atoms with E-state index in [2.05, 4.69) is 31.2 Å². The van der Waals surface area contributed by atoms with Gasteiger partial charge in [0.1, 0.15) is 0 Å². The van der Waals surface area contributed by atoms with Gasteiger partial charge in [-0.25, -0.2) is 0 Å². The molecule has 17 heavy (non-hydrogen) atoms. The molecule has 0 radical (unpaired) electrons. The summed E-state index contributed by atoms with van der Waals surface area (Å²) in [6.45, 7) is 2.18. The lowest BCUT2D eigenvalue weighted by Crippen LogP contribution is -2.07. The Morgan fingerprint density at radius 3 is 2.65 bits per heavy atom. The number of rotatable bonds is 5. The number of hydrogen-bond acceptors (Lipinski definition) is 0. The lowest BCUT2D eigenvalue weighted by molar-refractivity contribution is 0.476. The predicted molar refractivity (Wildman–Crippen MR) is 75.7 cm³/mol. The Kier molecular flexibility index (Phi) is 4.91. The highest BCUT2D eigenvalue weighted by molar-refractivity contribution is 6.20. The second kappa shape index (κ2) is 6.44. The fraction of sp³-hybridized carbons (Fsp3) is 0.625. The van der Waals surface area contributed by atoms with Gasteiger partial charge in [-0.05, 0) is 43.2 Å². The van der Waals surface area contributed by atoms with Gasteiger partial charge in [0.2, 0.25) is 0 Å². The molecule has 0 bridgehead atoms. The standard InChI is InChI=1S/C16H23Cl/c1-13-6-2-5-9-15(13)12-16(17)11-10-14-7-3-4-8-14/h2,5-6,9,14,16H,3-4,7-8,10-12H2,1H3. The van der Waals surface area contributed by atoms with Crippen LogP contribution in [-0.4, -0.2) is 5.38 Å². The van der Waals surface area contributed by atoms with Crippen molar-refractivity contribution in [3.8, 4) is 0 Å². The van der Waals surface area contributed by atoms with E-state index in [-0.39, 0.29) is 0 Å². The van der Waals surface area contributed by atoms with Gasteiger partial charge in [0.05, 0.1) is 0 Å². The molecule has 0 aromatic heterocycles. The van der Waals surface area contributed by atoms with Gasteiger partial charge in [-0.2, -0.15) is 0 Å². The minimum Gasteiger partial charge on any atom is -0.123 e. The molecule has 0 aliphatic heterocycles. The van der Waals surface area contributed by atoms with E-state index < -0.39 is 0 Å². The van der Waals surface area contributed by atoms with Crippen molar-refractivity contribution in [2.75, 3.05) is 0 Å². The van der Waals surface area contributed by atoms with Crippen LogP contribution < -0.4 is 0 Å². The third-order valence-corrected chi connectivity index (χ3v) is 4.44. The Morgan fingerprint density at radius 2 is 1.94 bits per heavy atom. The van der Waals surface area contributed by atoms with E-state index >= 15 is 0 Å². The zero-order chi connectivity index (χ0) is 12.1. The van der Waals surface area contributed by atoms with Crippen molar-refractivity contribution >= 4 is 11.6 Å². The van der Waals surface area contributed by atoms with Gasteiger partial charge in [-0.3, -0.25) is 0 Å². The van der Waals surface area contributed by atoms with Gasteiger partial charge in [-0.15, -0.1) is 11.6 Å². The summed E-state index contributed by atoms with van der Waals surface area (Å²) in [5.74, 6) is 0.966. The molecule has 0 heterocycles. The molecule has 0 N–H and O–H groups in total. The summed E-state index contributed by atoms with van der Waals surface area (Å²) < 4.78 is 0. The van der Waals surface area contributed by atoms with Crippen LogP contribution in [0.1, 0.15) is 49.7 Å². The highest BCUT2D eigenvalue weighted by Crippen LogP contribution is 2.30. The highest BCUT2D eigenvalue weighted by Gasteiger charge is 2.16. The van der Waals surface area contributed by atoms with Crippen LogP contribution in [0.25, 0.3) is 0 Å². The molecule has 1 aromatic rings. The van der Waals surface area contributed by atoms with Crippen LogP contribution in [0, 0.1) is 12.8 Å². The number of benzene rings is 1. The molecule has 0 spiro atoms. The second-order valence-corrected chi connectivity index (χ2v) is 6.07. The molecule has 1 aromatic carbocycles. The number of halogens is 1. The summed E-state index contributed by atoms with van der Waals surface area (Å²) >= 11 is 6.47. The van der Waals surface area contributed by atoms with Crippen LogP contribution in [0.3, 0.4) is 0 Å². The molecule has 0 amide bonds. The molecule has 1 saturated carbocycles. The third-order valence-electron chi connectivity index (χ3n) is 4.07. The first-order chi connectivity index (χ1) is 8.25. The predicted octanol–water partition coefficient (Wildman–Crippen LogP) is 5.12. The quantitative estimate of drug-likeness (QED) is 0.637. The third kappa shape index (κ3) is 4.03. The van der Waals surface area contributed by atoms with Crippen molar-refractivity contribution in [1.82, 2.24) is 0 Å². The van der Waals surface area contributed by atoms with Crippen molar-refractivity contribution in [3.63, 3.8) is 0 Å². The van der Waals surface area contributed by atoms with Crippen LogP contribution >= 0.6 is 11.6 Å². The van der Waals surface area contributed by atoms with E-state index in [1.165, 1.54) is 49.7 Å². The lowest BCUT2D eigenvalue weighted by Gasteiger charge is -2.14. The molecule has 2 rings (SSSR count). The fourth-order valence-corrected chi connectivity index (χ4v) is 3.19. The van der Waals surface area contributed by atoms with Crippen molar-refractivity contribution < 1.29 is 0 Å². The summed E-state index contributed by atoms with van der Waals surface area (Å²) in [5.41, 5.74) is 2.79. The number of aryl methyl sites for hydroxylation is 1. The fourth-order valence-electron chi connectivity index (χ4n) is 2.90. The van der Waals surface area contributed by atoms with Crippen LogP contribution in [0.2, 0.25) is 0 Å². The molecule has 1 aliphatic rings. The minimum absolute atomic E-state index is 0.316. The molecule has 0 saturated heterocycles. The Hall–Kier alpha value is -0.490. The van der Waals surface area contributed by atoms with Crippen molar-refractivity contribution in [2.45, 2.75) is 57.2 Å². The summed E-state index contributed by atoms with van der Waals surface area (Å²) in [4.78, 5) is 0.